The molecule has 1 unspecified atom stereocenters. The summed E-state index contributed by atoms with van der Waals surface area (Å²) in [5, 5.41) is 0. The maximum Gasteiger partial charge on any atom is 0.414 e. The molecular formula is C13H13FN4O2. The summed E-state index contributed by atoms with van der Waals surface area (Å²) in [5.41, 5.74) is 6.29. The highest BCUT2D eigenvalue weighted by Gasteiger charge is 2.31. The van der Waals surface area contributed by atoms with Crippen LogP contribution < -0.4 is 10.6 Å². The molecule has 1 atom stereocenters. The first kappa shape index (κ1) is 12.6. The second-order valence-corrected chi connectivity index (χ2v) is 4.46. The van der Waals surface area contributed by atoms with Gasteiger partial charge in [-0.25, -0.2) is 14.2 Å². The first-order valence-electron chi connectivity index (χ1n) is 6.15. The monoisotopic (exact) mass is 276 g/mol. The Balaban J connectivity index is 1.89. The van der Waals surface area contributed by atoms with Crippen molar-refractivity contribution in [2.24, 2.45) is 5.73 Å². The lowest BCUT2D eigenvalue weighted by atomic mass is 10.2. The van der Waals surface area contributed by atoms with Crippen LogP contribution in [0.4, 0.5) is 14.9 Å². The zero-order chi connectivity index (χ0) is 14.1. The number of imidazole rings is 1. The Morgan fingerprint density at radius 3 is 2.95 bits per heavy atom. The molecule has 1 saturated heterocycles. The Morgan fingerprint density at radius 1 is 1.50 bits per heavy atom. The van der Waals surface area contributed by atoms with Crippen molar-refractivity contribution in [2.45, 2.75) is 6.10 Å². The van der Waals surface area contributed by atoms with Gasteiger partial charge < -0.3 is 15.0 Å². The highest BCUT2D eigenvalue weighted by molar-refractivity contribution is 5.89. The van der Waals surface area contributed by atoms with Crippen LogP contribution in [-0.4, -0.2) is 34.8 Å². The van der Waals surface area contributed by atoms with Gasteiger partial charge >= 0.3 is 6.09 Å². The Bertz CT molecular complexity index is 629. The number of nitrogens with two attached hydrogens (primary N) is 1. The van der Waals surface area contributed by atoms with Crippen LogP contribution in [-0.2, 0) is 4.74 Å². The number of halogens is 1. The average Bonchev–Trinajstić information content (AvgIpc) is 3.07. The zero-order valence-corrected chi connectivity index (χ0v) is 10.6. The quantitative estimate of drug-likeness (QED) is 0.917. The van der Waals surface area contributed by atoms with Gasteiger partial charge in [0.25, 0.3) is 0 Å². The van der Waals surface area contributed by atoms with E-state index in [9.17, 15) is 9.18 Å². The van der Waals surface area contributed by atoms with Crippen molar-refractivity contribution in [2.75, 3.05) is 18.0 Å². The van der Waals surface area contributed by atoms with Crippen molar-refractivity contribution in [3.8, 4) is 5.69 Å². The maximum atomic E-state index is 14.1. The zero-order valence-electron chi connectivity index (χ0n) is 10.6. The van der Waals surface area contributed by atoms with E-state index in [1.807, 2.05) is 0 Å². The number of hydrogen-bond donors (Lipinski definition) is 1. The molecule has 1 amide bonds. The number of rotatable bonds is 3. The third-order valence-corrected chi connectivity index (χ3v) is 3.16. The topological polar surface area (TPSA) is 73.4 Å². The molecule has 104 valence electrons. The van der Waals surface area contributed by atoms with Crippen LogP contribution in [0.5, 0.6) is 0 Å². The van der Waals surface area contributed by atoms with Crippen molar-refractivity contribution < 1.29 is 13.9 Å². The number of ether oxygens (including phenoxy) is 1. The molecule has 20 heavy (non-hydrogen) atoms. The van der Waals surface area contributed by atoms with Crippen molar-refractivity contribution >= 4 is 11.8 Å². The summed E-state index contributed by atoms with van der Waals surface area (Å²) >= 11 is 0. The molecule has 7 heteroatoms. The van der Waals surface area contributed by atoms with E-state index in [0.29, 0.717) is 17.9 Å². The van der Waals surface area contributed by atoms with Gasteiger partial charge in [-0.3, -0.25) is 4.90 Å². The lowest BCUT2D eigenvalue weighted by molar-refractivity contribution is 0.145. The first-order valence-corrected chi connectivity index (χ1v) is 6.15. The van der Waals surface area contributed by atoms with Gasteiger partial charge in [-0.2, -0.15) is 0 Å². The largest absolute Gasteiger partial charge is 0.443 e. The summed E-state index contributed by atoms with van der Waals surface area (Å²) in [6, 6.07) is 4.56. The van der Waals surface area contributed by atoms with Crippen LogP contribution in [0.3, 0.4) is 0 Å². The summed E-state index contributed by atoms with van der Waals surface area (Å²) in [5.74, 6) is -0.440. The number of carbonyl (C=O) groups excluding carboxylic acids is 1. The van der Waals surface area contributed by atoms with E-state index in [2.05, 4.69) is 4.98 Å². The highest BCUT2D eigenvalue weighted by atomic mass is 19.1. The second kappa shape index (κ2) is 4.93. The Kier molecular flexibility index (Phi) is 3.11. The van der Waals surface area contributed by atoms with E-state index in [-0.39, 0.29) is 12.6 Å². The van der Waals surface area contributed by atoms with Crippen LogP contribution in [0, 0.1) is 5.82 Å². The summed E-state index contributed by atoms with van der Waals surface area (Å²) in [7, 11) is 0. The highest BCUT2D eigenvalue weighted by Crippen LogP contribution is 2.25. The molecular weight excluding hydrogens is 263 g/mol. The number of aromatic nitrogens is 2. The third-order valence-electron chi connectivity index (χ3n) is 3.16. The van der Waals surface area contributed by atoms with Crippen molar-refractivity contribution in [3.63, 3.8) is 0 Å². The molecule has 0 radical (unpaired) electrons. The molecule has 2 heterocycles. The Morgan fingerprint density at radius 2 is 2.35 bits per heavy atom. The van der Waals surface area contributed by atoms with Crippen LogP contribution in [0.1, 0.15) is 0 Å². The minimum Gasteiger partial charge on any atom is -0.443 e. The molecule has 1 fully saturated rings. The number of hydrogen-bond acceptors (Lipinski definition) is 4. The summed E-state index contributed by atoms with van der Waals surface area (Å²) in [6.45, 7) is 0.580. The Labute approximate surface area is 114 Å². The minimum absolute atomic E-state index is 0.248. The smallest absolute Gasteiger partial charge is 0.414 e. The number of amides is 1. The molecule has 0 bridgehead atoms. The lowest BCUT2D eigenvalue weighted by Gasteiger charge is -2.14. The van der Waals surface area contributed by atoms with Gasteiger partial charge in [0.05, 0.1) is 24.2 Å². The molecule has 6 nitrogen and oxygen atoms in total. The normalized spacial score (nSPS) is 18.4. The van der Waals surface area contributed by atoms with E-state index in [1.54, 1.807) is 29.1 Å². The number of cyclic esters (lactones) is 1. The third kappa shape index (κ3) is 2.12. The minimum atomic E-state index is -0.504. The van der Waals surface area contributed by atoms with E-state index in [0.717, 1.165) is 0 Å². The molecule has 0 aliphatic carbocycles. The molecule has 0 spiro atoms. The SMILES string of the molecule is NCC1CN(c2ccc(-n3ccnc3)c(F)c2)C(=O)O1. The molecule has 2 aromatic rings. The fourth-order valence-corrected chi connectivity index (χ4v) is 2.13. The van der Waals surface area contributed by atoms with Crippen LogP contribution >= 0.6 is 0 Å². The maximum absolute atomic E-state index is 14.1. The number of anilines is 1. The number of carbonyl (C=O) groups is 1. The fraction of sp³-hybridized carbons (Fsp3) is 0.231. The van der Waals surface area contributed by atoms with E-state index < -0.39 is 11.9 Å². The Hall–Kier alpha value is -2.41. The molecule has 2 N–H and O–H groups in total. The van der Waals surface area contributed by atoms with E-state index in [1.165, 1.54) is 17.3 Å². The van der Waals surface area contributed by atoms with Gasteiger partial charge in [0.2, 0.25) is 0 Å². The first-order chi connectivity index (χ1) is 9.69. The second-order valence-electron chi connectivity index (χ2n) is 4.46. The van der Waals surface area contributed by atoms with E-state index >= 15 is 0 Å². The predicted octanol–water partition coefficient (Wildman–Crippen LogP) is 1.30. The number of benzene rings is 1. The van der Waals surface area contributed by atoms with Gasteiger partial charge in [-0.15, -0.1) is 0 Å². The predicted molar refractivity (Wildman–Crippen MR) is 70.2 cm³/mol. The lowest BCUT2D eigenvalue weighted by Crippen LogP contribution is -2.27. The van der Waals surface area contributed by atoms with Crippen molar-refractivity contribution in [1.29, 1.82) is 0 Å². The van der Waals surface area contributed by atoms with Crippen molar-refractivity contribution in [1.82, 2.24) is 9.55 Å². The number of nitrogens with zero attached hydrogens (tertiary/aromatic N) is 3. The van der Waals surface area contributed by atoms with Crippen LogP contribution in [0.15, 0.2) is 36.9 Å². The van der Waals surface area contributed by atoms with Gasteiger partial charge in [0.15, 0.2) is 0 Å². The van der Waals surface area contributed by atoms with Gasteiger partial charge in [-0.1, -0.05) is 0 Å². The molecule has 3 rings (SSSR count). The van der Waals surface area contributed by atoms with Crippen LogP contribution in [0.25, 0.3) is 5.69 Å². The molecule has 1 aromatic heterocycles. The van der Waals surface area contributed by atoms with Gasteiger partial charge in [-0.05, 0) is 18.2 Å². The summed E-state index contributed by atoms with van der Waals surface area (Å²) in [4.78, 5) is 16.9. The van der Waals surface area contributed by atoms with Gasteiger partial charge in [0.1, 0.15) is 11.9 Å². The molecule has 0 saturated carbocycles. The van der Waals surface area contributed by atoms with Crippen LogP contribution in [0.2, 0.25) is 0 Å². The summed E-state index contributed by atoms with van der Waals surface area (Å²) < 4.78 is 20.7. The molecule has 1 aliphatic rings. The standard InChI is InChI=1S/C13H13FN4O2/c14-11-5-9(18-7-10(6-15)20-13(18)19)1-2-12(11)17-4-3-16-8-17/h1-5,8,10H,6-7,15H2. The van der Waals surface area contributed by atoms with E-state index in [4.69, 9.17) is 10.5 Å². The van der Waals surface area contributed by atoms with Gasteiger partial charge in [0, 0.05) is 18.9 Å². The molecule has 1 aromatic carbocycles. The fourth-order valence-electron chi connectivity index (χ4n) is 2.13. The van der Waals surface area contributed by atoms with Crippen molar-refractivity contribution in [3.05, 3.63) is 42.7 Å². The summed E-state index contributed by atoms with van der Waals surface area (Å²) in [6.07, 6.45) is 3.87. The molecule has 1 aliphatic heterocycles. The average molecular weight is 276 g/mol.